The molecule has 2 rings (SSSR count). The quantitative estimate of drug-likeness (QED) is 0.838. The summed E-state index contributed by atoms with van der Waals surface area (Å²) in [6.45, 7) is 2.10. The molecule has 0 saturated carbocycles. The van der Waals surface area contributed by atoms with Crippen LogP contribution in [-0.4, -0.2) is 32.0 Å². The predicted molar refractivity (Wildman–Crippen MR) is 67.9 cm³/mol. The summed E-state index contributed by atoms with van der Waals surface area (Å²) < 4.78 is 1.10. The maximum atomic E-state index is 11.8. The Bertz CT molecular complexity index is 605. The average molecular weight is 280 g/mol. The zero-order valence-corrected chi connectivity index (χ0v) is 11.0. The number of hydrogen-bond acceptors (Lipinski definition) is 5. The summed E-state index contributed by atoms with van der Waals surface area (Å²) in [5, 5.41) is 18.5. The molecule has 0 atom stereocenters. The third-order valence-corrected chi connectivity index (χ3v) is 3.29. The fourth-order valence-electron chi connectivity index (χ4n) is 1.46. The van der Waals surface area contributed by atoms with Crippen LogP contribution in [0.5, 0.6) is 0 Å². The second-order valence-electron chi connectivity index (χ2n) is 3.89. The lowest BCUT2D eigenvalue weighted by atomic mass is 10.4. The molecule has 7 nitrogen and oxygen atoms in total. The number of thiophene rings is 1. The van der Waals surface area contributed by atoms with E-state index in [1.165, 1.54) is 11.1 Å². The van der Waals surface area contributed by atoms with Crippen LogP contribution < -0.4 is 5.32 Å². The van der Waals surface area contributed by atoms with Gasteiger partial charge in [0, 0.05) is 9.75 Å². The number of amides is 1. The smallest absolute Gasteiger partial charge is 0.325 e. The Labute approximate surface area is 112 Å². The van der Waals surface area contributed by atoms with Crippen molar-refractivity contribution in [3.63, 3.8) is 0 Å². The molecule has 2 aromatic heterocycles. The molecule has 1 amide bonds. The zero-order chi connectivity index (χ0) is 13.8. The summed E-state index contributed by atoms with van der Waals surface area (Å²) in [5.74, 6) is -1.41. The number of carbonyl (C=O) groups is 2. The molecule has 100 valence electrons. The molecule has 0 aliphatic rings. The second-order valence-corrected chi connectivity index (χ2v) is 5.26. The summed E-state index contributed by atoms with van der Waals surface area (Å²) in [7, 11) is 0. The number of carboxylic acid groups (broad SMARTS) is 1. The van der Waals surface area contributed by atoms with Gasteiger partial charge in [0.1, 0.15) is 6.54 Å². The summed E-state index contributed by atoms with van der Waals surface area (Å²) in [6.07, 6.45) is 1.31. The highest BCUT2D eigenvalue weighted by Crippen LogP contribution is 2.14. The lowest BCUT2D eigenvalue weighted by molar-refractivity contribution is -0.137. The van der Waals surface area contributed by atoms with Crippen molar-refractivity contribution in [2.24, 2.45) is 0 Å². The minimum absolute atomic E-state index is 0.106. The van der Waals surface area contributed by atoms with E-state index in [9.17, 15) is 9.59 Å². The minimum atomic E-state index is -1.04. The third kappa shape index (κ3) is 3.62. The van der Waals surface area contributed by atoms with Gasteiger partial charge in [-0.1, -0.05) is 5.21 Å². The monoisotopic (exact) mass is 280 g/mol. The van der Waals surface area contributed by atoms with Gasteiger partial charge in [0.25, 0.3) is 5.91 Å². The molecule has 2 N–H and O–H groups in total. The van der Waals surface area contributed by atoms with E-state index < -0.39 is 5.97 Å². The number of rotatable bonds is 5. The molecule has 0 radical (unpaired) electrons. The van der Waals surface area contributed by atoms with Crippen molar-refractivity contribution in [1.29, 1.82) is 0 Å². The van der Waals surface area contributed by atoms with Crippen LogP contribution in [0.2, 0.25) is 0 Å². The van der Waals surface area contributed by atoms with E-state index in [1.54, 1.807) is 11.3 Å². The van der Waals surface area contributed by atoms with Gasteiger partial charge in [-0.2, -0.15) is 0 Å². The highest BCUT2D eigenvalue weighted by Gasteiger charge is 2.11. The van der Waals surface area contributed by atoms with E-state index in [0.717, 1.165) is 9.56 Å². The molecule has 0 bridgehead atoms. The normalized spacial score (nSPS) is 10.4. The van der Waals surface area contributed by atoms with Crippen molar-refractivity contribution in [2.75, 3.05) is 0 Å². The average Bonchev–Trinajstić information content (AvgIpc) is 2.95. The van der Waals surface area contributed by atoms with E-state index in [4.69, 9.17) is 5.11 Å². The van der Waals surface area contributed by atoms with Crippen molar-refractivity contribution >= 4 is 23.2 Å². The van der Waals surface area contributed by atoms with Gasteiger partial charge in [-0.25, -0.2) is 4.68 Å². The van der Waals surface area contributed by atoms with Crippen LogP contribution in [0.4, 0.5) is 0 Å². The van der Waals surface area contributed by atoms with Gasteiger partial charge in [-0.05, 0) is 19.1 Å². The maximum absolute atomic E-state index is 11.8. The van der Waals surface area contributed by atoms with Crippen molar-refractivity contribution in [3.8, 4) is 0 Å². The Balaban J connectivity index is 1.92. The van der Waals surface area contributed by atoms with Crippen LogP contribution in [0.25, 0.3) is 0 Å². The lowest BCUT2D eigenvalue weighted by Gasteiger charge is -1.99. The Morgan fingerprint density at radius 3 is 2.89 bits per heavy atom. The number of nitrogens with one attached hydrogen (secondary N) is 1. The Hall–Kier alpha value is -2.22. The van der Waals surface area contributed by atoms with Crippen LogP contribution in [0.1, 0.15) is 20.2 Å². The number of carboxylic acids is 1. The number of hydrogen-bond donors (Lipinski definition) is 2. The van der Waals surface area contributed by atoms with Crippen LogP contribution >= 0.6 is 11.3 Å². The first-order chi connectivity index (χ1) is 9.04. The molecule has 0 aromatic carbocycles. The van der Waals surface area contributed by atoms with Crippen LogP contribution in [0.15, 0.2) is 18.3 Å². The Kier molecular flexibility index (Phi) is 3.91. The first kappa shape index (κ1) is 13.2. The fraction of sp³-hybridized carbons (Fsp3) is 0.273. The first-order valence-corrected chi connectivity index (χ1v) is 6.31. The van der Waals surface area contributed by atoms with E-state index >= 15 is 0 Å². The highest BCUT2D eigenvalue weighted by atomic mass is 32.1. The van der Waals surface area contributed by atoms with Crippen LogP contribution in [0.3, 0.4) is 0 Å². The van der Waals surface area contributed by atoms with Crippen LogP contribution in [-0.2, 0) is 17.9 Å². The first-order valence-electron chi connectivity index (χ1n) is 5.50. The van der Waals surface area contributed by atoms with Crippen molar-refractivity contribution < 1.29 is 14.7 Å². The zero-order valence-electron chi connectivity index (χ0n) is 10.2. The molecule has 0 unspecified atom stereocenters. The van der Waals surface area contributed by atoms with Gasteiger partial charge in [0.05, 0.1) is 12.7 Å². The molecular weight excluding hydrogens is 268 g/mol. The van der Waals surface area contributed by atoms with E-state index in [1.807, 2.05) is 19.1 Å². The van der Waals surface area contributed by atoms with Crippen molar-refractivity contribution in [1.82, 2.24) is 20.3 Å². The maximum Gasteiger partial charge on any atom is 0.325 e. The number of aliphatic carboxylic acids is 1. The number of aryl methyl sites for hydroxylation is 1. The molecular formula is C11H12N4O3S. The van der Waals surface area contributed by atoms with E-state index in [-0.39, 0.29) is 18.1 Å². The number of aromatic nitrogens is 3. The topological polar surface area (TPSA) is 97.1 Å². The summed E-state index contributed by atoms with van der Waals surface area (Å²) in [6, 6.07) is 3.93. The van der Waals surface area contributed by atoms with Crippen LogP contribution in [0, 0.1) is 6.92 Å². The molecule has 0 aliphatic heterocycles. The van der Waals surface area contributed by atoms with Gasteiger partial charge in [0.2, 0.25) is 0 Å². The SMILES string of the molecule is Cc1ccc(CNC(=O)c2cn(CC(=O)O)nn2)s1. The van der Waals surface area contributed by atoms with Crippen molar-refractivity contribution in [3.05, 3.63) is 33.8 Å². The molecule has 2 aromatic rings. The molecule has 0 fully saturated rings. The fourth-order valence-corrected chi connectivity index (χ4v) is 2.29. The molecule has 0 spiro atoms. The molecule has 8 heteroatoms. The van der Waals surface area contributed by atoms with Gasteiger partial charge >= 0.3 is 5.97 Å². The summed E-state index contributed by atoms with van der Waals surface area (Å²) >= 11 is 1.60. The third-order valence-electron chi connectivity index (χ3n) is 2.29. The highest BCUT2D eigenvalue weighted by molar-refractivity contribution is 7.11. The molecule has 19 heavy (non-hydrogen) atoms. The van der Waals surface area contributed by atoms with E-state index in [2.05, 4.69) is 15.6 Å². The van der Waals surface area contributed by atoms with Gasteiger partial charge < -0.3 is 10.4 Å². The van der Waals surface area contributed by atoms with Crippen molar-refractivity contribution in [2.45, 2.75) is 20.0 Å². The Morgan fingerprint density at radius 2 is 2.26 bits per heavy atom. The lowest BCUT2D eigenvalue weighted by Crippen LogP contribution is -2.22. The Morgan fingerprint density at radius 1 is 1.47 bits per heavy atom. The number of carbonyl (C=O) groups excluding carboxylic acids is 1. The summed E-state index contributed by atoms with van der Waals surface area (Å²) in [4.78, 5) is 24.4. The van der Waals surface area contributed by atoms with Gasteiger partial charge in [0.15, 0.2) is 5.69 Å². The summed E-state index contributed by atoms with van der Waals surface area (Å²) in [5.41, 5.74) is 0.106. The van der Waals surface area contributed by atoms with E-state index in [0.29, 0.717) is 6.54 Å². The number of nitrogens with zero attached hydrogens (tertiary/aromatic N) is 3. The molecule has 2 heterocycles. The minimum Gasteiger partial charge on any atom is -0.480 e. The standard InChI is InChI=1S/C11H12N4O3S/c1-7-2-3-8(19-7)4-12-11(18)9-5-15(14-13-9)6-10(16)17/h2-3,5H,4,6H2,1H3,(H,12,18)(H,16,17). The second kappa shape index (κ2) is 5.61. The predicted octanol–water partition coefficient (Wildman–Crippen LogP) is 0.663. The largest absolute Gasteiger partial charge is 0.480 e. The van der Waals surface area contributed by atoms with Gasteiger partial charge in [-0.3, -0.25) is 9.59 Å². The molecule has 0 saturated heterocycles. The molecule has 0 aliphatic carbocycles. The van der Waals surface area contributed by atoms with Gasteiger partial charge in [-0.15, -0.1) is 16.4 Å².